The number of nitrogens with one attached hydrogen (secondary N) is 1. The fourth-order valence-electron chi connectivity index (χ4n) is 1.99. The first-order chi connectivity index (χ1) is 8.15. The summed E-state index contributed by atoms with van der Waals surface area (Å²) in [6, 6.07) is -0.416. The summed E-state index contributed by atoms with van der Waals surface area (Å²) in [5.41, 5.74) is 0.691. The Morgan fingerprint density at radius 1 is 1.71 bits per heavy atom. The van der Waals surface area contributed by atoms with Gasteiger partial charge >= 0.3 is 0 Å². The van der Waals surface area contributed by atoms with Gasteiger partial charge in [0.05, 0.1) is 6.20 Å². The summed E-state index contributed by atoms with van der Waals surface area (Å²) in [5, 5.41) is 6.33. The van der Waals surface area contributed by atoms with Gasteiger partial charge in [0.2, 0.25) is 11.7 Å². The van der Waals surface area contributed by atoms with E-state index in [1.54, 1.807) is 11.8 Å². The molecule has 1 aliphatic rings. The molecule has 0 radical (unpaired) electrons. The van der Waals surface area contributed by atoms with E-state index in [2.05, 4.69) is 10.5 Å². The molecule has 2 amide bonds. The molecule has 17 heavy (non-hydrogen) atoms. The molecule has 6 heteroatoms. The monoisotopic (exact) mass is 237 g/mol. The summed E-state index contributed by atoms with van der Waals surface area (Å²) in [4.78, 5) is 25.4. The van der Waals surface area contributed by atoms with Crippen LogP contribution in [-0.2, 0) is 4.79 Å². The van der Waals surface area contributed by atoms with Gasteiger partial charge in [-0.15, -0.1) is 0 Å². The normalized spacial score (nSPS) is 20.2. The summed E-state index contributed by atoms with van der Waals surface area (Å²) in [6.45, 7) is 4.62. The highest BCUT2D eigenvalue weighted by Crippen LogP contribution is 2.15. The van der Waals surface area contributed by atoms with E-state index in [1.165, 1.54) is 6.20 Å². The van der Waals surface area contributed by atoms with Crippen molar-refractivity contribution < 1.29 is 14.1 Å². The first-order valence-corrected chi connectivity index (χ1v) is 5.65. The number of hydrogen-bond donors (Lipinski definition) is 1. The van der Waals surface area contributed by atoms with Crippen molar-refractivity contribution in [2.75, 3.05) is 13.1 Å². The first kappa shape index (κ1) is 11.6. The van der Waals surface area contributed by atoms with E-state index in [0.29, 0.717) is 25.1 Å². The molecule has 0 bridgehead atoms. The molecular weight excluding hydrogens is 222 g/mol. The smallest absolute Gasteiger partial charge is 0.293 e. The molecule has 92 valence electrons. The Labute approximate surface area is 98.9 Å². The third kappa shape index (κ3) is 2.02. The molecule has 1 unspecified atom stereocenters. The third-order valence-corrected chi connectivity index (χ3v) is 2.92. The van der Waals surface area contributed by atoms with E-state index in [1.807, 2.05) is 6.92 Å². The second kappa shape index (κ2) is 4.57. The fraction of sp³-hybridized carbons (Fsp3) is 0.545. The predicted molar refractivity (Wildman–Crippen MR) is 59.4 cm³/mol. The number of aromatic nitrogens is 1. The zero-order valence-electron chi connectivity index (χ0n) is 9.90. The largest absolute Gasteiger partial charge is 0.353 e. The second-order valence-electron chi connectivity index (χ2n) is 4.05. The minimum Gasteiger partial charge on any atom is -0.353 e. The van der Waals surface area contributed by atoms with Gasteiger partial charge in [-0.3, -0.25) is 9.59 Å². The van der Waals surface area contributed by atoms with Crippen LogP contribution in [0, 0.1) is 6.92 Å². The topological polar surface area (TPSA) is 75.4 Å². The van der Waals surface area contributed by atoms with Gasteiger partial charge in [-0.25, -0.2) is 0 Å². The van der Waals surface area contributed by atoms with Crippen molar-refractivity contribution in [2.24, 2.45) is 0 Å². The van der Waals surface area contributed by atoms with Gasteiger partial charge in [-0.1, -0.05) is 12.1 Å². The van der Waals surface area contributed by atoms with E-state index in [4.69, 9.17) is 4.52 Å². The van der Waals surface area contributed by atoms with Crippen LogP contribution in [-0.4, -0.2) is 41.0 Å². The van der Waals surface area contributed by atoms with Gasteiger partial charge in [0.1, 0.15) is 6.04 Å². The van der Waals surface area contributed by atoms with E-state index in [9.17, 15) is 9.59 Å². The lowest BCUT2D eigenvalue weighted by Gasteiger charge is -2.33. The highest BCUT2D eigenvalue weighted by Gasteiger charge is 2.34. The van der Waals surface area contributed by atoms with Crippen molar-refractivity contribution >= 4 is 11.8 Å². The lowest BCUT2D eigenvalue weighted by atomic mass is 10.1. The predicted octanol–water partition coefficient (Wildman–Crippen LogP) is 0.334. The SMILES string of the molecule is CCC1C(=O)NCCN1C(=O)c1oncc1C. The van der Waals surface area contributed by atoms with Crippen LogP contribution in [0.3, 0.4) is 0 Å². The second-order valence-corrected chi connectivity index (χ2v) is 4.05. The van der Waals surface area contributed by atoms with Crippen LogP contribution >= 0.6 is 0 Å². The zero-order chi connectivity index (χ0) is 12.4. The molecule has 1 aromatic rings. The molecule has 1 aliphatic heterocycles. The number of carbonyl (C=O) groups is 2. The minimum atomic E-state index is -0.416. The van der Waals surface area contributed by atoms with Crippen LogP contribution in [0.15, 0.2) is 10.7 Å². The van der Waals surface area contributed by atoms with Crippen LogP contribution < -0.4 is 5.32 Å². The maximum atomic E-state index is 12.2. The average molecular weight is 237 g/mol. The van der Waals surface area contributed by atoms with Gasteiger partial charge in [0.25, 0.3) is 5.91 Å². The Bertz CT molecular complexity index is 441. The van der Waals surface area contributed by atoms with Gasteiger partial charge in [-0.05, 0) is 13.3 Å². The van der Waals surface area contributed by atoms with Crippen molar-refractivity contribution in [1.82, 2.24) is 15.4 Å². The molecule has 1 aromatic heterocycles. The Hall–Kier alpha value is -1.85. The standard InChI is InChI=1S/C11H15N3O3/c1-3-8-10(15)12-4-5-14(8)11(16)9-7(2)6-13-17-9/h6,8H,3-5H2,1-2H3,(H,12,15). The number of hydrogen-bond acceptors (Lipinski definition) is 4. The van der Waals surface area contributed by atoms with Crippen molar-refractivity contribution in [2.45, 2.75) is 26.3 Å². The molecule has 0 aliphatic carbocycles. The summed E-state index contributed by atoms with van der Waals surface area (Å²) >= 11 is 0. The highest BCUT2D eigenvalue weighted by molar-refractivity contribution is 5.97. The summed E-state index contributed by atoms with van der Waals surface area (Å²) in [7, 11) is 0. The molecule has 1 saturated heterocycles. The van der Waals surface area contributed by atoms with Crippen molar-refractivity contribution in [1.29, 1.82) is 0 Å². The molecule has 1 N–H and O–H groups in total. The van der Waals surface area contributed by atoms with Crippen molar-refractivity contribution in [3.8, 4) is 0 Å². The number of nitrogens with zero attached hydrogens (tertiary/aromatic N) is 2. The Kier molecular flexibility index (Phi) is 3.12. The minimum absolute atomic E-state index is 0.107. The van der Waals surface area contributed by atoms with E-state index in [-0.39, 0.29) is 17.6 Å². The molecule has 0 aromatic carbocycles. The van der Waals surface area contributed by atoms with Gasteiger partial charge in [0, 0.05) is 18.7 Å². The molecular formula is C11H15N3O3. The molecule has 2 rings (SSSR count). The van der Waals surface area contributed by atoms with E-state index < -0.39 is 6.04 Å². The van der Waals surface area contributed by atoms with Gasteiger partial charge in [-0.2, -0.15) is 0 Å². The average Bonchev–Trinajstić information content (AvgIpc) is 2.74. The number of aryl methyl sites for hydroxylation is 1. The van der Waals surface area contributed by atoms with Gasteiger partial charge in [0.15, 0.2) is 0 Å². The van der Waals surface area contributed by atoms with Crippen molar-refractivity contribution in [3.63, 3.8) is 0 Å². The number of piperazine rings is 1. The Balaban J connectivity index is 2.24. The van der Waals surface area contributed by atoms with E-state index in [0.717, 1.165) is 0 Å². The molecule has 0 saturated carbocycles. The molecule has 0 spiro atoms. The lowest BCUT2D eigenvalue weighted by Crippen LogP contribution is -2.56. The maximum Gasteiger partial charge on any atom is 0.293 e. The number of carbonyl (C=O) groups excluding carboxylic acids is 2. The maximum absolute atomic E-state index is 12.2. The van der Waals surface area contributed by atoms with Gasteiger partial charge < -0.3 is 14.7 Å². The summed E-state index contributed by atoms with van der Waals surface area (Å²) < 4.78 is 4.93. The fourth-order valence-corrected chi connectivity index (χ4v) is 1.99. The van der Waals surface area contributed by atoms with Crippen LogP contribution in [0.2, 0.25) is 0 Å². The van der Waals surface area contributed by atoms with Crippen LogP contribution in [0.5, 0.6) is 0 Å². The number of rotatable bonds is 2. The van der Waals surface area contributed by atoms with Crippen molar-refractivity contribution in [3.05, 3.63) is 17.5 Å². The highest BCUT2D eigenvalue weighted by atomic mass is 16.5. The Morgan fingerprint density at radius 3 is 3.06 bits per heavy atom. The quantitative estimate of drug-likeness (QED) is 0.804. The summed E-state index contributed by atoms with van der Waals surface area (Å²) in [5.74, 6) is -0.149. The van der Waals surface area contributed by atoms with Crippen LogP contribution in [0.25, 0.3) is 0 Å². The zero-order valence-corrected chi connectivity index (χ0v) is 9.90. The van der Waals surface area contributed by atoms with Crippen LogP contribution in [0.1, 0.15) is 29.5 Å². The Morgan fingerprint density at radius 2 is 2.47 bits per heavy atom. The molecule has 1 fully saturated rings. The molecule has 1 atom stereocenters. The molecule has 6 nitrogen and oxygen atoms in total. The molecule has 2 heterocycles. The third-order valence-electron chi connectivity index (χ3n) is 2.92. The lowest BCUT2D eigenvalue weighted by molar-refractivity contribution is -0.127. The first-order valence-electron chi connectivity index (χ1n) is 5.65. The summed E-state index contributed by atoms with van der Waals surface area (Å²) in [6.07, 6.45) is 2.09. The van der Waals surface area contributed by atoms with Crippen LogP contribution in [0.4, 0.5) is 0 Å². The number of amides is 2. The van der Waals surface area contributed by atoms with E-state index >= 15 is 0 Å².